The monoisotopic (exact) mass is 420 g/mol. The van der Waals surface area contributed by atoms with E-state index < -0.39 is 18.0 Å². The third-order valence-electron chi connectivity index (χ3n) is 3.52. The Morgan fingerprint density at radius 3 is 2.21 bits per heavy atom. The minimum Gasteiger partial charge on any atom is -0.449 e. The van der Waals surface area contributed by atoms with Crippen LogP contribution >= 0.6 is 23.2 Å². The second kappa shape index (κ2) is 9.92. The van der Waals surface area contributed by atoms with E-state index in [0.29, 0.717) is 27.0 Å². The number of nitrogens with one attached hydrogen (secondary N) is 2. The molecule has 146 valence electrons. The van der Waals surface area contributed by atoms with Crippen molar-refractivity contribution in [1.29, 1.82) is 0 Å². The maximum atomic E-state index is 12.2. The number of hydrogen-bond acceptors (Lipinski definition) is 4. The summed E-state index contributed by atoms with van der Waals surface area (Å²) in [6, 6.07) is 11.6. The van der Waals surface area contributed by atoms with E-state index in [4.69, 9.17) is 27.9 Å². The summed E-state index contributed by atoms with van der Waals surface area (Å²) in [4.78, 5) is 35.1. The highest BCUT2D eigenvalue weighted by molar-refractivity contribution is 6.42. The Balaban J connectivity index is 1.90. The first-order valence-corrected chi connectivity index (χ1v) is 9.03. The Hall–Kier alpha value is -2.83. The van der Waals surface area contributed by atoms with Gasteiger partial charge in [-0.25, -0.2) is 4.79 Å². The number of amides is 2. The summed E-state index contributed by atoms with van der Waals surface area (Å²) >= 11 is 12.0. The SMILES string of the molecule is CC(=O)Nc1ccc(NC(=O)C(C)OC(=O)/C=C/c2cccc(Cl)c2Cl)cc1. The van der Waals surface area contributed by atoms with Crippen molar-refractivity contribution in [3.63, 3.8) is 0 Å². The first kappa shape index (κ1) is 21.5. The molecule has 0 bridgehead atoms. The molecule has 2 aromatic carbocycles. The number of esters is 1. The van der Waals surface area contributed by atoms with Gasteiger partial charge in [0.15, 0.2) is 6.10 Å². The zero-order chi connectivity index (χ0) is 20.7. The van der Waals surface area contributed by atoms with Crippen LogP contribution in [-0.4, -0.2) is 23.9 Å². The van der Waals surface area contributed by atoms with E-state index in [2.05, 4.69) is 10.6 Å². The third-order valence-corrected chi connectivity index (χ3v) is 4.35. The number of benzene rings is 2. The van der Waals surface area contributed by atoms with Gasteiger partial charge in [-0.2, -0.15) is 0 Å². The van der Waals surface area contributed by atoms with Gasteiger partial charge in [0.05, 0.1) is 10.0 Å². The van der Waals surface area contributed by atoms with Gasteiger partial charge in [-0.1, -0.05) is 35.3 Å². The third kappa shape index (κ3) is 6.40. The Labute approximate surface area is 172 Å². The first-order chi connectivity index (χ1) is 13.3. The van der Waals surface area contributed by atoms with Crippen molar-refractivity contribution in [3.05, 3.63) is 64.1 Å². The fourth-order valence-corrected chi connectivity index (χ4v) is 2.53. The lowest BCUT2D eigenvalue weighted by atomic mass is 10.2. The van der Waals surface area contributed by atoms with Crippen molar-refractivity contribution < 1.29 is 19.1 Å². The van der Waals surface area contributed by atoms with Gasteiger partial charge in [-0.05, 0) is 48.9 Å². The first-order valence-electron chi connectivity index (χ1n) is 8.27. The lowest BCUT2D eigenvalue weighted by molar-refractivity contribution is -0.148. The highest BCUT2D eigenvalue weighted by atomic mass is 35.5. The Morgan fingerprint density at radius 1 is 1.00 bits per heavy atom. The molecule has 0 aliphatic rings. The number of hydrogen-bond donors (Lipinski definition) is 2. The van der Waals surface area contributed by atoms with Crippen molar-refractivity contribution in [2.75, 3.05) is 10.6 Å². The molecular weight excluding hydrogens is 403 g/mol. The van der Waals surface area contributed by atoms with Gasteiger partial charge in [-0.15, -0.1) is 0 Å². The number of halogens is 2. The maximum absolute atomic E-state index is 12.2. The molecule has 2 amide bonds. The smallest absolute Gasteiger partial charge is 0.331 e. The van der Waals surface area contributed by atoms with E-state index in [0.717, 1.165) is 0 Å². The van der Waals surface area contributed by atoms with Gasteiger partial charge in [-0.3, -0.25) is 9.59 Å². The van der Waals surface area contributed by atoms with Crippen molar-refractivity contribution in [2.45, 2.75) is 20.0 Å². The summed E-state index contributed by atoms with van der Waals surface area (Å²) in [5, 5.41) is 5.94. The number of carbonyl (C=O) groups is 3. The predicted molar refractivity (Wildman–Crippen MR) is 110 cm³/mol. The molecule has 6 nitrogen and oxygen atoms in total. The Bertz CT molecular complexity index is 911. The maximum Gasteiger partial charge on any atom is 0.331 e. The van der Waals surface area contributed by atoms with Gasteiger partial charge < -0.3 is 15.4 Å². The molecule has 0 aromatic heterocycles. The highest BCUT2D eigenvalue weighted by Crippen LogP contribution is 2.26. The molecule has 0 fully saturated rings. The van der Waals surface area contributed by atoms with Gasteiger partial charge in [0.1, 0.15) is 0 Å². The quantitative estimate of drug-likeness (QED) is 0.530. The van der Waals surface area contributed by atoms with Gasteiger partial charge in [0.25, 0.3) is 5.91 Å². The summed E-state index contributed by atoms with van der Waals surface area (Å²) in [5.41, 5.74) is 1.67. The van der Waals surface area contributed by atoms with E-state index in [1.807, 2.05) is 0 Å². The normalized spacial score (nSPS) is 11.7. The van der Waals surface area contributed by atoms with Crippen LogP contribution in [0.3, 0.4) is 0 Å². The zero-order valence-corrected chi connectivity index (χ0v) is 16.7. The lowest BCUT2D eigenvalue weighted by Crippen LogP contribution is -2.29. The second-order valence-electron chi connectivity index (χ2n) is 5.80. The molecule has 0 radical (unpaired) electrons. The highest BCUT2D eigenvalue weighted by Gasteiger charge is 2.16. The molecule has 1 atom stereocenters. The molecule has 2 N–H and O–H groups in total. The van der Waals surface area contributed by atoms with Gasteiger partial charge in [0, 0.05) is 24.4 Å². The number of ether oxygens (including phenoxy) is 1. The summed E-state index contributed by atoms with van der Waals surface area (Å²) < 4.78 is 5.08. The number of anilines is 2. The van der Waals surface area contributed by atoms with E-state index in [9.17, 15) is 14.4 Å². The van der Waals surface area contributed by atoms with Crippen LogP contribution < -0.4 is 10.6 Å². The number of rotatable bonds is 6. The van der Waals surface area contributed by atoms with Crippen molar-refractivity contribution in [2.24, 2.45) is 0 Å². The molecule has 0 saturated heterocycles. The molecule has 0 spiro atoms. The van der Waals surface area contributed by atoms with Crippen LogP contribution in [0.25, 0.3) is 6.08 Å². The van der Waals surface area contributed by atoms with Crippen LogP contribution in [0.1, 0.15) is 19.4 Å². The van der Waals surface area contributed by atoms with Crippen molar-refractivity contribution in [3.8, 4) is 0 Å². The van der Waals surface area contributed by atoms with Crippen LogP contribution in [-0.2, 0) is 19.1 Å². The van der Waals surface area contributed by atoms with E-state index in [1.54, 1.807) is 42.5 Å². The molecular formula is C20H18Cl2N2O4. The summed E-state index contributed by atoms with van der Waals surface area (Å²) in [5.74, 6) is -1.38. The van der Waals surface area contributed by atoms with E-state index in [1.165, 1.54) is 26.0 Å². The molecule has 28 heavy (non-hydrogen) atoms. The zero-order valence-electron chi connectivity index (χ0n) is 15.2. The van der Waals surface area contributed by atoms with Crippen molar-refractivity contribution >= 4 is 58.4 Å². The van der Waals surface area contributed by atoms with Crippen LogP contribution in [0.2, 0.25) is 10.0 Å². The molecule has 0 heterocycles. The average molecular weight is 421 g/mol. The Morgan fingerprint density at radius 2 is 1.61 bits per heavy atom. The fourth-order valence-electron chi connectivity index (χ4n) is 2.16. The van der Waals surface area contributed by atoms with Gasteiger partial charge in [0.2, 0.25) is 5.91 Å². The standard InChI is InChI=1S/C20H18Cl2N2O4/c1-12(20(27)24-16-9-7-15(8-10-16)23-13(2)25)28-18(26)11-6-14-4-3-5-17(21)19(14)22/h3-12H,1-2H3,(H,23,25)(H,24,27)/b11-6+. The number of carbonyl (C=O) groups excluding carboxylic acids is 3. The molecule has 0 saturated carbocycles. The fraction of sp³-hybridized carbons (Fsp3) is 0.150. The van der Waals surface area contributed by atoms with Gasteiger partial charge >= 0.3 is 5.97 Å². The predicted octanol–water partition coefficient (Wildman–Crippen LogP) is 4.54. The van der Waals surface area contributed by atoms with Crippen LogP contribution in [0.5, 0.6) is 0 Å². The van der Waals surface area contributed by atoms with Crippen molar-refractivity contribution in [1.82, 2.24) is 0 Å². The van der Waals surface area contributed by atoms with E-state index in [-0.39, 0.29) is 5.91 Å². The molecule has 8 heteroatoms. The summed E-state index contributed by atoms with van der Waals surface area (Å²) in [6.07, 6.45) is 1.62. The molecule has 2 rings (SSSR count). The molecule has 2 aromatic rings. The largest absolute Gasteiger partial charge is 0.449 e. The molecule has 1 unspecified atom stereocenters. The second-order valence-corrected chi connectivity index (χ2v) is 6.59. The Kier molecular flexibility index (Phi) is 7.61. The minimum absolute atomic E-state index is 0.190. The van der Waals surface area contributed by atoms with Crippen LogP contribution in [0.15, 0.2) is 48.5 Å². The average Bonchev–Trinajstić information content (AvgIpc) is 2.64. The topological polar surface area (TPSA) is 84.5 Å². The van der Waals surface area contributed by atoms with Crippen LogP contribution in [0, 0.1) is 0 Å². The molecule has 0 aliphatic carbocycles. The van der Waals surface area contributed by atoms with E-state index >= 15 is 0 Å². The molecule has 0 aliphatic heterocycles. The van der Waals surface area contributed by atoms with Crippen LogP contribution in [0.4, 0.5) is 11.4 Å². The summed E-state index contributed by atoms with van der Waals surface area (Å²) in [7, 11) is 0. The minimum atomic E-state index is -1.01. The lowest BCUT2D eigenvalue weighted by Gasteiger charge is -2.13. The summed E-state index contributed by atoms with van der Waals surface area (Å²) in [6.45, 7) is 2.86.